The molecule has 15 heavy (non-hydrogen) atoms. The van der Waals surface area contributed by atoms with Crippen molar-refractivity contribution in [2.75, 3.05) is 0 Å². The van der Waals surface area contributed by atoms with Crippen LogP contribution in [0.3, 0.4) is 0 Å². The van der Waals surface area contributed by atoms with Crippen LogP contribution in [0.1, 0.15) is 20.8 Å². The molecule has 80 valence electrons. The second kappa shape index (κ2) is 3.72. The first-order valence-corrected chi connectivity index (χ1v) is 6.30. The first-order valence-electron chi connectivity index (χ1n) is 4.63. The van der Waals surface area contributed by atoms with Gasteiger partial charge in [-0.15, -0.1) is 21.5 Å². The fourth-order valence-electron chi connectivity index (χ4n) is 1.35. The van der Waals surface area contributed by atoms with Crippen molar-refractivity contribution in [2.45, 2.75) is 26.3 Å². The molecule has 0 unspecified atom stereocenters. The van der Waals surface area contributed by atoms with Crippen LogP contribution in [0.15, 0.2) is 21.6 Å². The van der Waals surface area contributed by atoms with Crippen LogP contribution in [0, 0.1) is 0 Å². The number of nitrogens with zero attached hydrogens (tertiary/aromatic N) is 3. The van der Waals surface area contributed by atoms with Gasteiger partial charge in [-0.25, -0.2) is 0 Å². The molecule has 0 fully saturated rings. The lowest BCUT2D eigenvalue weighted by Gasteiger charge is -2.21. The van der Waals surface area contributed by atoms with E-state index in [2.05, 4.69) is 62.9 Å². The van der Waals surface area contributed by atoms with Gasteiger partial charge in [-0.1, -0.05) is 0 Å². The van der Waals surface area contributed by atoms with Crippen LogP contribution < -0.4 is 0 Å². The molecule has 0 N–H and O–H groups in total. The van der Waals surface area contributed by atoms with E-state index in [0.717, 1.165) is 15.2 Å². The molecule has 0 aromatic carbocycles. The van der Waals surface area contributed by atoms with Crippen LogP contribution in [-0.2, 0) is 5.54 Å². The van der Waals surface area contributed by atoms with E-state index in [0.29, 0.717) is 0 Å². The standard InChI is InChI=1S/C10H12BrN3S/c1-10(2,3)14-6-12-13-9(14)7-4-8(11)15-5-7/h4-6H,1-3H3. The Labute approximate surface area is 101 Å². The summed E-state index contributed by atoms with van der Waals surface area (Å²) in [4.78, 5) is 0. The summed E-state index contributed by atoms with van der Waals surface area (Å²) in [5.41, 5.74) is 1.12. The highest BCUT2D eigenvalue weighted by molar-refractivity contribution is 9.11. The molecule has 0 spiro atoms. The Hall–Kier alpha value is -0.680. The molecular weight excluding hydrogens is 274 g/mol. The fraction of sp³-hybridized carbons (Fsp3) is 0.400. The van der Waals surface area contributed by atoms with Crippen molar-refractivity contribution in [3.63, 3.8) is 0 Å². The molecular formula is C10H12BrN3S. The highest BCUT2D eigenvalue weighted by Gasteiger charge is 2.19. The fourth-order valence-corrected chi connectivity index (χ4v) is 2.49. The topological polar surface area (TPSA) is 30.7 Å². The maximum Gasteiger partial charge on any atom is 0.165 e. The molecule has 2 aromatic heterocycles. The van der Waals surface area contributed by atoms with E-state index in [4.69, 9.17) is 0 Å². The zero-order valence-corrected chi connectivity index (χ0v) is 11.3. The summed E-state index contributed by atoms with van der Waals surface area (Å²) in [7, 11) is 0. The predicted octanol–water partition coefficient (Wildman–Crippen LogP) is 3.52. The third kappa shape index (κ3) is 2.13. The van der Waals surface area contributed by atoms with Crippen LogP contribution in [-0.4, -0.2) is 14.8 Å². The van der Waals surface area contributed by atoms with Gasteiger partial charge in [0, 0.05) is 16.5 Å². The van der Waals surface area contributed by atoms with Crippen molar-refractivity contribution in [3.8, 4) is 11.4 Å². The van der Waals surface area contributed by atoms with Gasteiger partial charge < -0.3 is 4.57 Å². The van der Waals surface area contributed by atoms with E-state index >= 15 is 0 Å². The number of aromatic nitrogens is 3. The molecule has 3 nitrogen and oxygen atoms in total. The highest BCUT2D eigenvalue weighted by atomic mass is 79.9. The Morgan fingerprint density at radius 1 is 1.40 bits per heavy atom. The minimum absolute atomic E-state index is 0.00719. The van der Waals surface area contributed by atoms with Gasteiger partial charge in [-0.3, -0.25) is 0 Å². The quantitative estimate of drug-likeness (QED) is 0.803. The number of halogens is 1. The van der Waals surface area contributed by atoms with Crippen molar-refractivity contribution in [2.24, 2.45) is 0 Å². The molecule has 5 heteroatoms. The minimum Gasteiger partial charge on any atom is -0.308 e. The van der Waals surface area contributed by atoms with Crippen LogP contribution in [0.25, 0.3) is 11.4 Å². The van der Waals surface area contributed by atoms with Crippen LogP contribution in [0.5, 0.6) is 0 Å². The second-order valence-electron chi connectivity index (χ2n) is 4.33. The molecule has 2 aromatic rings. The van der Waals surface area contributed by atoms with Gasteiger partial charge in [0.1, 0.15) is 6.33 Å². The second-order valence-corrected chi connectivity index (χ2v) is 6.63. The summed E-state index contributed by atoms with van der Waals surface area (Å²) >= 11 is 5.11. The summed E-state index contributed by atoms with van der Waals surface area (Å²) in [6.07, 6.45) is 1.78. The third-order valence-corrected chi connectivity index (χ3v) is 3.60. The summed E-state index contributed by atoms with van der Waals surface area (Å²) in [5, 5.41) is 10.2. The summed E-state index contributed by atoms with van der Waals surface area (Å²) in [6.45, 7) is 6.42. The average Bonchev–Trinajstić information content (AvgIpc) is 2.68. The molecule has 0 saturated heterocycles. The molecule has 0 bridgehead atoms. The van der Waals surface area contributed by atoms with Gasteiger partial charge >= 0.3 is 0 Å². The van der Waals surface area contributed by atoms with Gasteiger partial charge in [-0.2, -0.15) is 0 Å². The third-order valence-electron chi connectivity index (χ3n) is 2.10. The first kappa shape index (κ1) is 10.8. The normalized spacial score (nSPS) is 12.0. The zero-order chi connectivity index (χ0) is 11.1. The van der Waals surface area contributed by atoms with Crippen molar-refractivity contribution in [1.82, 2.24) is 14.8 Å². The monoisotopic (exact) mass is 285 g/mol. The number of hydrogen-bond acceptors (Lipinski definition) is 3. The molecule has 0 aliphatic rings. The van der Waals surface area contributed by atoms with E-state index in [1.165, 1.54) is 0 Å². The number of hydrogen-bond donors (Lipinski definition) is 0. The molecule has 0 atom stereocenters. The number of rotatable bonds is 1. The Morgan fingerprint density at radius 2 is 2.13 bits per heavy atom. The molecule has 0 amide bonds. The maximum atomic E-state index is 4.17. The van der Waals surface area contributed by atoms with Crippen molar-refractivity contribution < 1.29 is 0 Å². The number of thiophene rings is 1. The van der Waals surface area contributed by atoms with Crippen molar-refractivity contribution >= 4 is 27.3 Å². The Kier molecular flexibility index (Phi) is 2.68. The van der Waals surface area contributed by atoms with Crippen molar-refractivity contribution in [1.29, 1.82) is 0 Å². The smallest absolute Gasteiger partial charge is 0.165 e. The summed E-state index contributed by atoms with van der Waals surface area (Å²) in [6, 6.07) is 2.07. The van der Waals surface area contributed by atoms with Gasteiger partial charge in [0.15, 0.2) is 5.82 Å². The Morgan fingerprint density at radius 3 is 2.67 bits per heavy atom. The first-order chi connectivity index (χ1) is 6.98. The van der Waals surface area contributed by atoms with Crippen LogP contribution in [0.4, 0.5) is 0 Å². The van der Waals surface area contributed by atoms with E-state index < -0.39 is 0 Å². The molecule has 0 radical (unpaired) electrons. The SMILES string of the molecule is CC(C)(C)n1cnnc1-c1csc(Br)c1. The molecule has 2 heterocycles. The van der Waals surface area contributed by atoms with E-state index in [1.807, 2.05) is 0 Å². The lowest BCUT2D eigenvalue weighted by molar-refractivity contribution is 0.400. The Balaban J connectivity index is 2.50. The maximum absolute atomic E-state index is 4.17. The van der Waals surface area contributed by atoms with Gasteiger partial charge in [0.05, 0.1) is 3.79 Å². The summed E-state index contributed by atoms with van der Waals surface area (Å²) in [5.74, 6) is 0.921. The van der Waals surface area contributed by atoms with Crippen LogP contribution >= 0.6 is 27.3 Å². The van der Waals surface area contributed by atoms with Crippen LogP contribution in [0.2, 0.25) is 0 Å². The van der Waals surface area contributed by atoms with Crippen molar-refractivity contribution in [3.05, 3.63) is 21.6 Å². The lowest BCUT2D eigenvalue weighted by Crippen LogP contribution is -2.21. The average molecular weight is 286 g/mol. The summed E-state index contributed by atoms with van der Waals surface area (Å²) < 4.78 is 3.20. The largest absolute Gasteiger partial charge is 0.308 e. The van der Waals surface area contributed by atoms with Gasteiger partial charge in [0.2, 0.25) is 0 Å². The molecule has 0 aliphatic carbocycles. The van der Waals surface area contributed by atoms with Gasteiger partial charge in [-0.05, 0) is 42.8 Å². The van der Waals surface area contributed by atoms with E-state index in [1.54, 1.807) is 17.7 Å². The van der Waals surface area contributed by atoms with E-state index in [9.17, 15) is 0 Å². The molecule has 0 aliphatic heterocycles. The lowest BCUT2D eigenvalue weighted by atomic mass is 10.1. The zero-order valence-electron chi connectivity index (χ0n) is 8.86. The minimum atomic E-state index is 0.00719. The Bertz CT molecular complexity index is 467. The molecule has 0 saturated carbocycles. The molecule has 2 rings (SSSR count). The van der Waals surface area contributed by atoms with Gasteiger partial charge in [0.25, 0.3) is 0 Å². The predicted molar refractivity (Wildman–Crippen MR) is 66.0 cm³/mol. The highest BCUT2D eigenvalue weighted by Crippen LogP contribution is 2.30. The van der Waals surface area contributed by atoms with E-state index in [-0.39, 0.29) is 5.54 Å².